The van der Waals surface area contributed by atoms with Crippen molar-refractivity contribution in [2.45, 2.75) is 36.1 Å². The van der Waals surface area contributed by atoms with Gasteiger partial charge in [0.25, 0.3) is 15.9 Å². The molecule has 0 spiro atoms. The molecular weight excluding hydrogens is 506 g/mol. The van der Waals surface area contributed by atoms with Crippen molar-refractivity contribution in [1.29, 1.82) is 0 Å². The summed E-state index contributed by atoms with van der Waals surface area (Å²) >= 11 is 1.16. The Hall–Kier alpha value is -3.53. The fraction of sp³-hybridized carbons (Fsp3) is 0.214. The van der Waals surface area contributed by atoms with E-state index in [1.807, 2.05) is 48.5 Å². The minimum absolute atomic E-state index is 0.0755. The number of benzene rings is 3. The van der Waals surface area contributed by atoms with E-state index in [1.165, 1.54) is 4.31 Å². The predicted octanol–water partition coefficient (Wildman–Crippen LogP) is 5.24. The van der Waals surface area contributed by atoms with E-state index in [0.717, 1.165) is 39.8 Å². The second-order valence-electron chi connectivity index (χ2n) is 9.29. The van der Waals surface area contributed by atoms with E-state index in [2.05, 4.69) is 5.32 Å². The number of rotatable bonds is 6. The van der Waals surface area contributed by atoms with Crippen molar-refractivity contribution in [3.63, 3.8) is 0 Å². The van der Waals surface area contributed by atoms with Gasteiger partial charge >= 0.3 is 0 Å². The lowest BCUT2D eigenvalue weighted by Gasteiger charge is -2.33. The Balaban J connectivity index is 1.32. The normalized spacial score (nSPS) is 17.9. The summed E-state index contributed by atoms with van der Waals surface area (Å²) in [4.78, 5) is 28.6. The number of hydrogen-bond donors (Lipinski definition) is 1. The molecule has 2 amide bonds. The molecule has 0 aliphatic carbocycles. The molecule has 188 valence electrons. The molecular formula is C28H25N3O4S2. The molecule has 1 aromatic heterocycles. The van der Waals surface area contributed by atoms with Crippen LogP contribution in [0.3, 0.4) is 0 Å². The fourth-order valence-corrected chi connectivity index (χ4v) is 8.05. The summed E-state index contributed by atoms with van der Waals surface area (Å²) < 4.78 is 28.1. The maximum atomic E-state index is 13.5. The lowest BCUT2D eigenvalue weighted by molar-refractivity contribution is -0.120. The lowest BCUT2D eigenvalue weighted by atomic mass is 10.0. The number of hydrogen-bond acceptors (Lipinski definition) is 5. The maximum Gasteiger partial charge on any atom is 0.259 e. The van der Waals surface area contributed by atoms with Crippen molar-refractivity contribution >= 4 is 55.3 Å². The van der Waals surface area contributed by atoms with E-state index >= 15 is 0 Å². The Labute approximate surface area is 219 Å². The van der Waals surface area contributed by atoms with Gasteiger partial charge in [-0.15, -0.1) is 11.3 Å². The molecule has 4 aromatic rings. The van der Waals surface area contributed by atoms with Gasteiger partial charge in [0.05, 0.1) is 12.2 Å². The van der Waals surface area contributed by atoms with Crippen LogP contribution in [0.4, 0.5) is 11.4 Å². The van der Waals surface area contributed by atoms with E-state index in [1.54, 1.807) is 34.5 Å². The summed E-state index contributed by atoms with van der Waals surface area (Å²) in [5, 5.41) is 6.27. The molecule has 1 atom stereocenters. The molecule has 0 radical (unpaired) electrons. The molecule has 1 N–H and O–H groups in total. The highest BCUT2D eigenvalue weighted by atomic mass is 32.2. The molecule has 9 heteroatoms. The molecule has 3 heterocycles. The molecule has 1 unspecified atom stereocenters. The predicted molar refractivity (Wildman–Crippen MR) is 145 cm³/mol. The highest BCUT2D eigenvalue weighted by Crippen LogP contribution is 2.41. The van der Waals surface area contributed by atoms with Crippen LogP contribution < -0.4 is 10.2 Å². The SMILES string of the molecule is O=C(Nc1ccc2c3c(cccc13)C(=O)N2Cc1ccccc1)C1CCCCN1S(=O)(=O)c1cccs1. The molecule has 1 fully saturated rings. The molecule has 0 bridgehead atoms. The summed E-state index contributed by atoms with van der Waals surface area (Å²) in [6, 6.07) is 21.5. The van der Waals surface area contributed by atoms with Crippen LogP contribution in [0.5, 0.6) is 0 Å². The first-order valence-electron chi connectivity index (χ1n) is 12.2. The quantitative estimate of drug-likeness (QED) is 0.369. The van der Waals surface area contributed by atoms with Gasteiger partial charge in [-0.1, -0.05) is 55.0 Å². The second-order valence-corrected chi connectivity index (χ2v) is 12.4. The van der Waals surface area contributed by atoms with Crippen LogP contribution in [0, 0.1) is 0 Å². The van der Waals surface area contributed by atoms with Gasteiger partial charge in [0.2, 0.25) is 5.91 Å². The van der Waals surface area contributed by atoms with Gasteiger partial charge in [-0.05, 0) is 48.1 Å². The summed E-state index contributed by atoms with van der Waals surface area (Å²) in [5.41, 5.74) is 2.99. The first-order valence-corrected chi connectivity index (χ1v) is 14.5. The van der Waals surface area contributed by atoms with Crippen LogP contribution in [0.15, 0.2) is 82.4 Å². The average molecular weight is 532 g/mol. The number of anilines is 2. The molecule has 6 rings (SSSR count). The first kappa shape index (κ1) is 23.8. The molecule has 2 aliphatic heterocycles. The van der Waals surface area contributed by atoms with Crippen molar-refractivity contribution in [1.82, 2.24) is 4.31 Å². The third-order valence-electron chi connectivity index (χ3n) is 7.04. The number of piperidine rings is 1. The second kappa shape index (κ2) is 9.41. The van der Waals surface area contributed by atoms with Gasteiger partial charge in [-0.3, -0.25) is 9.59 Å². The van der Waals surface area contributed by atoms with E-state index in [4.69, 9.17) is 0 Å². The Morgan fingerprint density at radius 3 is 2.59 bits per heavy atom. The van der Waals surface area contributed by atoms with E-state index < -0.39 is 16.1 Å². The molecule has 0 saturated carbocycles. The van der Waals surface area contributed by atoms with Gasteiger partial charge in [0, 0.05) is 28.6 Å². The summed E-state index contributed by atoms with van der Waals surface area (Å²) in [7, 11) is -3.76. The maximum absolute atomic E-state index is 13.5. The number of amides is 2. The van der Waals surface area contributed by atoms with Gasteiger partial charge < -0.3 is 10.2 Å². The number of carbonyl (C=O) groups excluding carboxylic acids is 2. The van der Waals surface area contributed by atoms with Crippen molar-refractivity contribution in [2.75, 3.05) is 16.8 Å². The zero-order chi connectivity index (χ0) is 25.6. The van der Waals surface area contributed by atoms with Crippen LogP contribution in [0.25, 0.3) is 10.8 Å². The zero-order valence-electron chi connectivity index (χ0n) is 20.0. The molecule has 7 nitrogen and oxygen atoms in total. The number of carbonyl (C=O) groups is 2. The zero-order valence-corrected chi connectivity index (χ0v) is 21.6. The van der Waals surface area contributed by atoms with E-state index in [0.29, 0.717) is 37.2 Å². The van der Waals surface area contributed by atoms with Gasteiger partial charge in [-0.2, -0.15) is 4.31 Å². The third-order valence-corrected chi connectivity index (χ3v) is 10.3. The minimum atomic E-state index is -3.76. The van der Waals surface area contributed by atoms with E-state index in [-0.39, 0.29) is 16.0 Å². The molecule has 1 saturated heterocycles. The lowest BCUT2D eigenvalue weighted by Crippen LogP contribution is -2.49. The Bertz CT molecular complexity index is 1600. The molecule has 37 heavy (non-hydrogen) atoms. The number of nitrogens with zero attached hydrogens (tertiary/aromatic N) is 2. The smallest absolute Gasteiger partial charge is 0.259 e. The first-order chi connectivity index (χ1) is 17.9. The Kier molecular flexibility index (Phi) is 6.06. The largest absolute Gasteiger partial charge is 0.324 e. The van der Waals surface area contributed by atoms with Crippen LogP contribution in [-0.2, 0) is 21.4 Å². The summed E-state index contributed by atoms with van der Waals surface area (Å²) in [6.45, 7) is 0.762. The highest BCUT2D eigenvalue weighted by molar-refractivity contribution is 7.91. The number of nitrogens with one attached hydrogen (secondary N) is 1. The fourth-order valence-electron chi connectivity index (χ4n) is 5.27. The average Bonchev–Trinajstić information content (AvgIpc) is 3.56. The topological polar surface area (TPSA) is 86.8 Å². The molecule has 2 aliphatic rings. The van der Waals surface area contributed by atoms with Gasteiger partial charge in [-0.25, -0.2) is 8.42 Å². The van der Waals surface area contributed by atoms with Gasteiger partial charge in [0.1, 0.15) is 10.3 Å². The van der Waals surface area contributed by atoms with Crippen molar-refractivity contribution in [3.8, 4) is 0 Å². The van der Waals surface area contributed by atoms with Crippen LogP contribution >= 0.6 is 11.3 Å². The van der Waals surface area contributed by atoms with Gasteiger partial charge in [0.15, 0.2) is 0 Å². The van der Waals surface area contributed by atoms with E-state index in [9.17, 15) is 18.0 Å². The standard InChI is InChI=1S/C28H25N3O4S2/c32-27(24-12-4-5-16-31(24)37(34,35)25-13-7-17-36-25)29-22-14-15-23-26-20(22)10-6-11-21(26)28(33)30(23)18-19-8-2-1-3-9-19/h1-3,6-11,13-15,17,24H,4-5,12,16,18H2,(H,29,32). The Morgan fingerprint density at radius 1 is 0.973 bits per heavy atom. The van der Waals surface area contributed by atoms with Crippen LogP contribution in [0.1, 0.15) is 35.2 Å². The number of thiophene rings is 1. The highest BCUT2D eigenvalue weighted by Gasteiger charge is 2.38. The molecule has 3 aromatic carbocycles. The van der Waals surface area contributed by atoms with Crippen LogP contribution in [0.2, 0.25) is 0 Å². The third kappa shape index (κ3) is 4.13. The summed E-state index contributed by atoms with van der Waals surface area (Å²) in [6.07, 6.45) is 1.96. The number of sulfonamides is 1. The summed E-state index contributed by atoms with van der Waals surface area (Å²) in [5.74, 6) is -0.431. The van der Waals surface area contributed by atoms with Crippen molar-refractivity contribution in [3.05, 3.63) is 89.3 Å². The van der Waals surface area contributed by atoms with Crippen molar-refractivity contribution in [2.24, 2.45) is 0 Å². The van der Waals surface area contributed by atoms with Crippen molar-refractivity contribution < 1.29 is 18.0 Å². The van der Waals surface area contributed by atoms with Crippen LogP contribution in [-0.4, -0.2) is 37.1 Å². The minimum Gasteiger partial charge on any atom is -0.324 e. The monoisotopic (exact) mass is 531 g/mol. The Morgan fingerprint density at radius 2 is 1.81 bits per heavy atom.